The Bertz CT molecular complexity index is 697. The van der Waals surface area contributed by atoms with E-state index in [0.29, 0.717) is 18.4 Å². The molecule has 0 radical (unpaired) electrons. The number of aliphatic hydroxyl groups excluding tert-OH is 2. The molecule has 0 aromatic heterocycles. The van der Waals surface area contributed by atoms with Crippen LogP contribution in [0.4, 0.5) is 0 Å². The summed E-state index contributed by atoms with van der Waals surface area (Å²) in [6, 6.07) is 0. The number of hydrogen-bond donors (Lipinski definition) is 2. The van der Waals surface area contributed by atoms with Crippen LogP contribution in [0.15, 0.2) is 23.8 Å². The van der Waals surface area contributed by atoms with Crippen LogP contribution in [-0.4, -0.2) is 47.6 Å². The Kier molecular flexibility index (Phi) is 5.74. The summed E-state index contributed by atoms with van der Waals surface area (Å²) in [7, 11) is 0. The summed E-state index contributed by atoms with van der Waals surface area (Å²) in [5.41, 5.74) is 0.705. The lowest BCUT2D eigenvalue weighted by Crippen LogP contribution is -2.57. The van der Waals surface area contributed by atoms with Gasteiger partial charge in [-0.2, -0.15) is 0 Å². The molecule has 2 saturated carbocycles. The molecular weight excluding hydrogens is 360 g/mol. The molecule has 6 atom stereocenters. The van der Waals surface area contributed by atoms with Gasteiger partial charge in [-0.25, -0.2) is 4.79 Å². The predicted molar refractivity (Wildman–Crippen MR) is 103 cm³/mol. The van der Waals surface area contributed by atoms with Crippen LogP contribution in [0.3, 0.4) is 0 Å². The first-order valence-electron chi connectivity index (χ1n) is 10.1. The molecule has 3 aliphatic rings. The molecule has 3 rings (SSSR count). The van der Waals surface area contributed by atoms with Gasteiger partial charge in [-0.3, -0.25) is 4.79 Å². The van der Waals surface area contributed by atoms with Gasteiger partial charge in [0.25, 0.3) is 0 Å². The van der Waals surface area contributed by atoms with Crippen LogP contribution in [0.2, 0.25) is 0 Å². The van der Waals surface area contributed by atoms with Gasteiger partial charge in [-0.1, -0.05) is 26.0 Å². The molecule has 2 N–H and O–H groups in total. The van der Waals surface area contributed by atoms with Crippen LogP contribution in [0.1, 0.15) is 52.9 Å². The predicted octanol–water partition coefficient (Wildman–Crippen LogP) is 2.53. The molecule has 0 amide bonds. The number of fused-ring (bicyclic) bond motifs is 1. The number of hydrogen-bond acceptors (Lipinski definition) is 6. The molecule has 0 saturated heterocycles. The van der Waals surface area contributed by atoms with Gasteiger partial charge in [-0.15, -0.1) is 0 Å². The molecule has 0 spiro atoms. The Labute approximate surface area is 166 Å². The number of carbonyl (C=O) groups is 2. The Hall–Kier alpha value is -1.66. The number of allylic oxidation sites excluding steroid dienone is 1. The summed E-state index contributed by atoms with van der Waals surface area (Å²) >= 11 is 0. The molecule has 2 aliphatic carbocycles. The first-order chi connectivity index (χ1) is 13.1. The van der Waals surface area contributed by atoms with Crippen molar-refractivity contribution in [3.8, 4) is 0 Å². The highest BCUT2D eigenvalue weighted by Crippen LogP contribution is 2.62. The van der Waals surface area contributed by atoms with Gasteiger partial charge < -0.3 is 19.7 Å². The monoisotopic (exact) mass is 392 g/mol. The van der Waals surface area contributed by atoms with Gasteiger partial charge >= 0.3 is 11.9 Å². The zero-order valence-electron chi connectivity index (χ0n) is 17.1. The average molecular weight is 392 g/mol. The van der Waals surface area contributed by atoms with Crippen molar-refractivity contribution in [2.45, 2.75) is 65.1 Å². The number of cyclic esters (lactones) is 1. The Morgan fingerprint density at radius 3 is 2.71 bits per heavy atom. The van der Waals surface area contributed by atoms with Crippen LogP contribution in [0.25, 0.3) is 0 Å². The molecule has 1 heterocycles. The molecule has 0 aromatic rings. The van der Waals surface area contributed by atoms with E-state index in [2.05, 4.69) is 13.5 Å². The fourth-order valence-corrected chi connectivity index (χ4v) is 5.93. The number of rotatable bonds is 5. The third-order valence-electron chi connectivity index (χ3n) is 7.55. The van der Waals surface area contributed by atoms with E-state index in [1.165, 1.54) is 6.92 Å². The molecule has 6 heteroatoms. The maximum atomic E-state index is 12.1. The first-order valence-corrected chi connectivity index (χ1v) is 10.1. The van der Waals surface area contributed by atoms with Gasteiger partial charge in [0, 0.05) is 12.3 Å². The Morgan fingerprint density at radius 1 is 1.43 bits per heavy atom. The topological polar surface area (TPSA) is 93.1 Å². The normalized spacial score (nSPS) is 39.0. The lowest BCUT2D eigenvalue weighted by molar-refractivity contribution is -0.159. The van der Waals surface area contributed by atoms with Gasteiger partial charge in [0.2, 0.25) is 0 Å². The van der Waals surface area contributed by atoms with E-state index < -0.39 is 29.6 Å². The summed E-state index contributed by atoms with van der Waals surface area (Å²) in [5.74, 6) is -0.739. The van der Waals surface area contributed by atoms with E-state index in [9.17, 15) is 19.8 Å². The quantitative estimate of drug-likeness (QED) is 0.552. The number of carbonyl (C=O) groups excluding carboxylic acids is 2. The standard InChI is InChI=1S/C22H32O6/c1-13-5-6-18-21(3,9-7-19(25)22(18,4)12-23)16(13)11-17(28-14(2)24)15-8-10-27-20(15)26/h8,16-19,23,25H,1,5-7,9-12H2,2-4H3/t16-,17?,18?,19-,21+,22+/m1/s1. The van der Waals surface area contributed by atoms with Crippen molar-refractivity contribution in [3.63, 3.8) is 0 Å². The zero-order chi connectivity index (χ0) is 20.7. The van der Waals surface area contributed by atoms with E-state index in [4.69, 9.17) is 9.47 Å². The number of esters is 2. The first kappa shape index (κ1) is 21.1. The van der Waals surface area contributed by atoms with Crippen molar-refractivity contribution < 1.29 is 29.3 Å². The Morgan fingerprint density at radius 2 is 2.14 bits per heavy atom. The molecular formula is C22H32O6. The molecule has 6 nitrogen and oxygen atoms in total. The molecule has 156 valence electrons. The van der Waals surface area contributed by atoms with E-state index >= 15 is 0 Å². The van der Waals surface area contributed by atoms with Crippen molar-refractivity contribution >= 4 is 11.9 Å². The van der Waals surface area contributed by atoms with E-state index in [0.717, 1.165) is 24.8 Å². The molecule has 1 aliphatic heterocycles. The molecule has 0 aromatic carbocycles. The van der Waals surface area contributed by atoms with Gasteiger partial charge in [-0.05, 0) is 55.4 Å². The summed E-state index contributed by atoms with van der Waals surface area (Å²) in [6.45, 7) is 9.93. The van der Waals surface area contributed by atoms with Crippen molar-refractivity contribution in [3.05, 3.63) is 23.8 Å². The van der Waals surface area contributed by atoms with Crippen LogP contribution in [-0.2, 0) is 19.1 Å². The average Bonchev–Trinajstić information content (AvgIpc) is 3.06. The van der Waals surface area contributed by atoms with Gasteiger partial charge in [0.1, 0.15) is 12.7 Å². The minimum Gasteiger partial charge on any atom is -0.458 e. The lowest BCUT2D eigenvalue weighted by atomic mass is 9.46. The van der Waals surface area contributed by atoms with Crippen molar-refractivity contribution in [2.24, 2.45) is 22.7 Å². The summed E-state index contributed by atoms with van der Waals surface area (Å²) in [5, 5.41) is 20.7. The molecule has 2 fully saturated rings. The van der Waals surface area contributed by atoms with Crippen LogP contribution in [0.5, 0.6) is 0 Å². The summed E-state index contributed by atoms with van der Waals surface area (Å²) in [4.78, 5) is 23.8. The smallest absolute Gasteiger partial charge is 0.337 e. The fraction of sp³-hybridized carbons (Fsp3) is 0.727. The largest absolute Gasteiger partial charge is 0.458 e. The number of aliphatic hydroxyl groups is 2. The van der Waals surface area contributed by atoms with E-state index in [-0.39, 0.29) is 30.5 Å². The van der Waals surface area contributed by atoms with Crippen LogP contribution >= 0.6 is 0 Å². The minimum absolute atomic E-state index is 0.0169. The molecule has 2 unspecified atom stereocenters. The molecule has 0 bridgehead atoms. The van der Waals surface area contributed by atoms with Crippen LogP contribution < -0.4 is 0 Å². The number of ether oxygens (including phenoxy) is 2. The maximum Gasteiger partial charge on any atom is 0.337 e. The minimum atomic E-state index is -0.669. The summed E-state index contributed by atoms with van der Waals surface area (Å²) < 4.78 is 10.6. The highest BCUT2D eigenvalue weighted by Gasteiger charge is 2.58. The second-order valence-corrected chi connectivity index (χ2v) is 9.12. The third-order valence-corrected chi connectivity index (χ3v) is 7.55. The highest BCUT2D eigenvalue weighted by molar-refractivity contribution is 5.92. The lowest BCUT2D eigenvalue weighted by Gasteiger charge is -2.60. The summed E-state index contributed by atoms with van der Waals surface area (Å²) in [6.07, 6.45) is 4.00. The Balaban J connectivity index is 1.93. The third kappa shape index (κ3) is 3.41. The van der Waals surface area contributed by atoms with Crippen LogP contribution in [0, 0.1) is 22.7 Å². The fourth-order valence-electron chi connectivity index (χ4n) is 5.93. The zero-order valence-corrected chi connectivity index (χ0v) is 17.1. The van der Waals surface area contributed by atoms with Gasteiger partial charge in [0.05, 0.1) is 18.3 Å². The maximum absolute atomic E-state index is 12.1. The SMILES string of the molecule is C=C1CCC2[C@](C)(CO)[C@H](O)CC[C@@]2(C)[C@@H]1CC(OC(C)=O)C1=CCOC1=O. The van der Waals surface area contributed by atoms with E-state index in [1.54, 1.807) is 6.08 Å². The van der Waals surface area contributed by atoms with Crippen molar-refractivity contribution in [2.75, 3.05) is 13.2 Å². The van der Waals surface area contributed by atoms with E-state index in [1.807, 2.05) is 6.92 Å². The second-order valence-electron chi connectivity index (χ2n) is 9.12. The van der Waals surface area contributed by atoms with Crippen molar-refractivity contribution in [1.29, 1.82) is 0 Å². The highest BCUT2D eigenvalue weighted by atomic mass is 16.6. The second kappa shape index (κ2) is 7.64. The van der Waals surface area contributed by atoms with Gasteiger partial charge in [0.15, 0.2) is 0 Å². The molecule has 28 heavy (non-hydrogen) atoms. The van der Waals surface area contributed by atoms with Crippen molar-refractivity contribution in [1.82, 2.24) is 0 Å².